The first-order chi connectivity index (χ1) is 8.26. The van der Waals surface area contributed by atoms with Crippen molar-refractivity contribution in [3.05, 3.63) is 42.0 Å². The lowest BCUT2D eigenvalue weighted by Crippen LogP contribution is -2.05. The smallest absolute Gasteiger partial charge is 0.219 e. The molecule has 0 unspecified atom stereocenters. The fraction of sp³-hybridized carbons (Fsp3) is 0.250. The summed E-state index contributed by atoms with van der Waals surface area (Å²) in [6.45, 7) is 0.403. The molecule has 0 spiro atoms. The number of ether oxygens (including phenoxy) is 1. The molecule has 2 N–H and O–H groups in total. The van der Waals surface area contributed by atoms with Crippen molar-refractivity contribution in [3.8, 4) is 11.4 Å². The van der Waals surface area contributed by atoms with E-state index in [1.807, 2.05) is 0 Å². The van der Waals surface area contributed by atoms with Crippen LogP contribution in [0.25, 0.3) is 5.69 Å². The molecular weight excluding hydrogens is 221 g/mol. The van der Waals surface area contributed by atoms with Crippen LogP contribution >= 0.6 is 0 Å². The van der Waals surface area contributed by atoms with E-state index >= 15 is 0 Å². The van der Waals surface area contributed by atoms with E-state index in [0.29, 0.717) is 30.0 Å². The molecule has 5 heteroatoms. The minimum Gasteiger partial charge on any atom is -0.497 e. The van der Waals surface area contributed by atoms with Crippen molar-refractivity contribution in [1.29, 1.82) is 0 Å². The molecule has 0 saturated heterocycles. The fourth-order valence-corrected chi connectivity index (χ4v) is 1.61. The van der Waals surface area contributed by atoms with Gasteiger partial charge in [-0.2, -0.15) is 9.49 Å². The van der Waals surface area contributed by atoms with Crippen LogP contribution in [0.2, 0.25) is 0 Å². The van der Waals surface area contributed by atoms with E-state index < -0.39 is 0 Å². The monoisotopic (exact) mass is 235 g/mol. The van der Waals surface area contributed by atoms with Crippen molar-refractivity contribution in [1.82, 2.24) is 9.78 Å². The molecule has 1 heterocycles. The molecular formula is C12H14FN3O. The third-order valence-electron chi connectivity index (χ3n) is 2.49. The van der Waals surface area contributed by atoms with Gasteiger partial charge < -0.3 is 10.5 Å². The van der Waals surface area contributed by atoms with Crippen LogP contribution in [-0.2, 0) is 6.42 Å². The lowest BCUT2D eigenvalue weighted by Gasteiger charge is -2.05. The Bertz CT molecular complexity index is 510. The molecule has 4 nitrogen and oxygen atoms in total. The van der Waals surface area contributed by atoms with Gasteiger partial charge in [0.05, 0.1) is 19.0 Å². The summed E-state index contributed by atoms with van der Waals surface area (Å²) >= 11 is 0. The first kappa shape index (κ1) is 11.6. The molecule has 0 aliphatic heterocycles. The zero-order chi connectivity index (χ0) is 12.3. The summed E-state index contributed by atoms with van der Waals surface area (Å²) in [4.78, 5) is 0. The maximum absolute atomic E-state index is 13.9. The first-order valence-corrected chi connectivity index (χ1v) is 5.33. The highest BCUT2D eigenvalue weighted by Gasteiger charge is 2.11. The number of methoxy groups -OCH3 is 1. The Morgan fingerprint density at radius 2 is 2.29 bits per heavy atom. The molecule has 0 aliphatic carbocycles. The number of aromatic nitrogens is 2. The van der Waals surface area contributed by atoms with Gasteiger partial charge in [0.25, 0.3) is 0 Å². The number of halogens is 1. The highest BCUT2D eigenvalue weighted by molar-refractivity contribution is 5.39. The summed E-state index contributed by atoms with van der Waals surface area (Å²) in [7, 11) is 1.57. The van der Waals surface area contributed by atoms with E-state index in [4.69, 9.17) is 10.5 Å². The molecule has 0 bridgehead atoms. The van der Waals surface area contributed by atoms with Crippen molar-refractivity contribution in [2.45, 2.75) is 6.42 Å². The standard InChI is InChI=1S/C12H14FN3O/c1-17-11-4-2-3-10(7-11)16-12(13)9(5-6-14)8-15-16/h2-4,7-8H,5-6,14H2,1H3. The number of hydrogen-bond acceptors (Lipinski definition) is 3. The van der Waals surface area contributed by atoms with E-state index in [9.17, 15) is 4.39 Å². The van der Waals surface area contributed by atoms with E-state index in [-0.39, 0.29) is 5.95 Å². The molecule has 2 aromatic rings. The van der Waals surface area contributed by atoms with Crippen molar-refractivity contribution in [2.24, 2.45) is 5.73 Å². The summed E-state index contributed by atoms with van der Waals surface area (Å²) in [5.41, 5.74) is 6.55. The second-order valence-electron chi connectivity index (χ2n) is 3.61. The van der Waals surface area contributed by atoms with Crippen LogP contribution in [0, 0.1) is 5.95 Å². The van der Waals surface area contributed by atoms with Gasteiger partial charge in [0.1, 0.15) is 5.75 Å². The van der Waals surface area contributed by atoms with Gasteiger partial charge in [0.15, 0.2) is 0 Å². The van der Waals surface area contributed by atoms with Gasteiger partial charge in [-0.15, -0.1) is 0 Å². The summed E-state index contributed by atoms with van der Waals surface area (Å²) in [5, 5.41) is 4.01. The predicted octanol–water partition coefficient (Wildman–Crippen LogP) is 1.52. The minimum absolute atomic E-state index is 0.372. The van der Waals surface area contributed by atoms with Gasteiger partial charge in [-0.1, -0.05) is 6.07 Å². The minimum atomic E-state index is -0.372. The van der Waals surface area contributed by atoms with Crippen molar-refractivity contribution >= 4 is 0 Å². The summed E-state index contributed by atoms with van der Waals surface area (Å²) in [5.74, 6) is 0.293. The number of benzene rings is 1. The van der Waals surface area contributed by atoms with E-state index in [0.717, 1.165) is 0 Å². The van der Waals surface area contributed by atoms with Crippen LogP contribution in [0.5, 0.6) is 5.75 Å². The Balaban J connectivity index is 2.38. The predicted molar refractivity (Wildman–Crippen MR) is 62.8 cm³/mol. The molecule has 0 amide bonds. The van der Waals surface area contributed by atoms with Crippen LogP contribution in [0.1, 0.15) is 5.56 Å². The third kappa shape index (κ3) is 2.29. The van der Waals surface area contributed by atoms with Crippen molar-refractivity contribution < 1.29 is 9.13 Å². The van der Waals surface area contributed by atoms with E-state index in [2.05, 4.69) is 5.10 Å². The van der Waals surface area contributed by atoms with Crippen LogP contribution < -0.4 is 10.5 Å². The Kier molecular flexibility index (Phi) is 3.39. The average molecular weight is 235 g/mol. The van der Waals surface area contributed by atoms with Gasteiger partial charge in [0, 0.05) is 11.6 Å². The Morgan fingerprint density at radius 3 is 3.00 bits per heavy atom. The molecule has 2 rings (SSSR count). The average Bonchev–Trinajstić information content (AvgIpc) is 2.72. The molecule has 0 radical (unpaired) electrons. The number of nitrogens with zero attached hydrogens (tertiary/aromatic N) is 2. The highest BCUT2D eigenvalue weighted by Crippen LogP contribution is 2.18. The maximum Gasteiger partial charge on any atom is 0.219 e. The van der Waals surface area contributed by atoms with Gasteiger partial charge in [-0.25, -0.2) is 4.68 Å². The Morgan fingerprint density at radius 1 is 1.47 bits per heavy atom. The molecule has 1 aromatic carbocycles. The Labute approximate surface area is 98.8 Å². The highest BCUT2D eigenvalue weighted by atomic mass is 19.1. The van der Waals surface area contributed by atoms with Crippen LogP contribution in [-0.4, -0.2) is 23.4 Å². The molecule has 0 fully saturated rings. The zero-order valence-electron chi connectivity index (χ0n) is 9.56. The second-order valence-corrected chi connectivity index (χ2v) is 3.61. The van der Waals surface area contributed by atoms with Crippen LogP contribution in [0.15, 0.2) is 30.5 Å². The first-order valence-electron chi connectivity index (χ1n) is 5.33. The number of nitrogens with two attached hydrogens (primary N) is 1. The quantitative estimate of drug-likeness (QED) is 0.874. The lowest BCUT2D eigenvalue weighted by atomic mass is 10.2. The van der Waals surface area contributed by atoms with E-state index in [1.54, 1.807) is 31.4 Å². The van der Waals surface area contributed by atoms with Crippen LogP contribution in [0.4, 0.5) is 4.39 Å². The summed E-state index contributed by atoms with van der Waals surface area (Å²) < 4.78 is 20.3. The molecule has 17 heavy (non-hydrogen) atoms. The second kappa shape index (κ2) is 4.97. The van der Waals surface area contributed by atoms with Crippen LogP contribution in [0.3, 0.4) is 0 Å². The maximum atomic E-state index is 13.9. The molecule has 0 saturated carbocycles. The zero-order valence-corrected chi connectivity index (χ0v) is 9.56. The molecule has 90 valence electrons. The molecule has 1 aromatic heterocycles. The van der Waals surface area contributed by atoms with Gasteiger partial charge in [-0.05, 0) is 25.1 Å². The summed E-state index contributed by atoms with van der Waals surface area (Å²) in [6, 6.07) is 7.08. The van der Waals surface area contributed by atoms with Gasteiger partial charge in [0.2, 0.25) is 5.95 Å². The Hall–Kier alpha value is -1.88. The third-order valence-corrected chi connectivity index (χ3v) is 2.49. The van der Waals surface area contributed by atoms with Gasteiger partial charge in [-0.3, -0.25) is 0 Å². The normalized spacial score (nSPS) is 10.5. The number of rotatable bonds is 4. The molecule has 0 atom stereocenters. The van der Waals surface area contributed by atoms with Crippen molar-refractivity contribution in [2.75, 3.05) is 13.7 Å². The van der Waals surface area contributed by atoms with E-state index in [1.165, 1.54) is 10.9 Å². The summed E-state index contributed by atoms with van der Waals surface area (Å²) in [6.07, 6.45) is 1.98. The number of hydrogen-bond donors (Lipinski definition) is 1. The molecule has 0 aliphatic rings. The SMILES string of the molecule is COc1cccc(-n2ncc(CCN)c2F)c1. The van der Waals surface area contributed by atoms with Crippen molar-refractivity contribution in [3.63, 3.8) is 0 Å². The van der Waals surface area contributed by atoms with Gasteiger partial charge >= 0.3 is 0 Å². The largest absolute Gasteiger partial charge is 0.497 e. The fourth-order valence-electron chi connectivity index (χ4n) is 1.61. The lowest BCUT2D eigenvalue weighted by molar-refractivity contribution is 0.414. The topological polar surface area (TPSA) is 53.1 Å².